The number of benzene rings is 2. The van der Waals surface area contributed by atoms with E-state index in [4.69, 9.17) is 0 Å². The van der Waals surface area contributed by atoms with E-state index in [0.29, 0.717) is 22.7 Å². The van der Waals surface area contributed by atoms with Crippen LogP contribution in [0.4, 0.5) is 5.69 Å². The van der Waals surface area contributed by atoms with Gasteiger partial charge in [0.1, 0.15) is 0 Å². The first-order valence-electron chi connectivity index (χ1n) is 8.50. The van der Waals surface area contributed by atoms with E-state index in [9.17, 15) is 9.59 Å². The molecule has 0 saturated carbocycles. The largest absolute Gasteiger partial charge is 0.338 e. The summed E-state index contributed by atoms with van der Waals surface area (Å²) in [5, 5.41) is 2.88. The van der Waals surface area contributed by atoms with Gasteiger partial charge in [-0.1, -0.05) is 35.0 Å². The Morgan fingerprint density at radius 1 is 1.12 bits per heavy atom. The molecule has 1 fully saturated rings. The van der Waals surface area contributed by atoms with E-state index in [0.717, 1.165) is 30.4 Å². The van der Waals surface area contributed by atoms with Crippen molar-refractivity contribution in [1.29, 1.82) is 0 Å². The van der Waals surface area contributed by atoms with Gasteiger partial charge in [0.25, 0.3) is 11.8 Å². The van der Waals surface area contributed by atoms with Crippen LogP contribution in [0, 0.1) is 5.92 Å². The summed E-state index contributed by atoms with van der Waals surface area (Å²) < 4.78 is 0.916. The molecule has 1 N–H and O–H groups in total. The number of halogens is 1. The lowest BCUT2D eigenvalue weighted by molar-refractivity contribution is 0.0684. The van der Waals surface area contributed by atoms with Crippen molar-refractivity contribution < 1.29 is 9.59 Å². The number of hydrogen-bond acceptors (Lipinski definition) is 2. The Bertz CT molecular complexity index is 774. The lowest BCUT2D eigenvalue weighted by Gasteiger charge is -2.31. The van der Waals surface area contributed by atoms with Gasteiger partial charge >= 0.3 is 0 Å². The Labute approximate surface area is 156 Å². The molecule has 1 aliphatic rings. The summed E-state index contributed by atoms with van der Waals surface area (Å²) in [4.78, 5) is 27.3. The van der Waals surface area contributed by atoms with Crippen LogP contribution in [0.1, 0.15) is 40.5 Å². The van der Waals surface area contributed by atoms with Crippen molar-refractivity contribution in [2.24, 2.45) is 5.92 Å². The van der Waals surface area contributed by atoms with Crippen LogP contribution < -0.4 is 5.32 Å². The van der Waals surface area contributed by atoms with Crippen molar-refractivity contribution >= 4 is 33.4 Å². The van der Waals surface area contributed by atoms with Gasteiger partial charge in [0, 0.05) is 23.1 Å². The van der Waals surface area contributed by atoms with Crippen LogP contribution in [0.3, 0.4) is 0 Å². The molecule has 1 saturated heterocycles. The van der Waals surface area contributed by atoms with E-state index in [-0.39, 0.29) is 11.8 Å². The fourth-order valence-electron chi connectivity index (χ4n) is 3.12. The Morgan fingerprint density at radius 3 is 2.56 bits per heavy atom. The highest BCUT2D eigenvalue weighted by Crippen LogP contribution is 2.23. The molecule has 2 amide bonds. The number of piperidine rings is 1. The molecule has 1 atom stereocenters. The summed E-state index contributed by atoms with van der Waals surface area (Å²) in [7, 11) is 0. The molecular formula is C20H21BrN2O2. The predicted octanol–water partition coefficient (Wildman–Crippen LogP) is 4.57. The minimum atomic E-state index is -0.222. The highest BCUT2D eigenvalue weighted by Gasteiger charge is 2.24. The minimum absolute atomic E-state index is 0.0155. The maximum atomic E-state index is 12.9. The molecule has 1 heterocycles. The summed E-state index contributed by atoms with van der Waals surface area (Å²) in [5.41, 5.74) is 1.65. The van der Waals surface area contributed by atoms with Crippen LogP contribution in [-0.4, -0.2) is 29.8 Å². The second-order valence-corrected chi connectivity index (χ2v) is 7.42. The average Bonchev–Trinajstić information content (AvgIpc) is 2.62. The summed E-state index contributed by atoms with van der Waals surface area (Å²) in [5.74, 6) is 0.278. The van der Waals surface area contributed by atoms with Gasteiger partial charge < -0.3 is 10.2 Å². The van der Waals surface area contributed by atoms with Crippen molar-refractivity contribution in [2.45, 2.75) is 19.8 Å². The van der Waals surface area contributed by atoms with Gasteiger partial charge in [-0.3, -0.25) is 9.59 Å². The monoisotopic (exact) mass is 400 g/mol. The SMILES string of the molecule is CC1CCCN(C(=O)c2ccccc2NC(=O)c2ccc(Br)cc2)C1. The second kappa shape index (κ2) is 7.83. The zero-order valence-electron chi connectivity index (χ0n) is 14.2. The molecule has 4 nitrogen and oxygen atoms in total. The molecule has 1 unspecified atom stereocenters. The maximum absolute atomic E-state index is 12.9. The van der Waals surface area contributed by atoms with E-state index in [2.05, 4.69) is 28.2 Å². The van der Waals surface area contributed by atoms with Crippen molar-refractivity contribution in [3.8, 4) is 0 Å². The first kappa shape index (κ1) is 17.7. The van der Waals surface area contributed by atoms with Gasteiger partial charge in [0.05, 0.1) is 11.3 Å². The minimum Gasteiger partial charge on any atom is -0.338 e. The molecule has 0 spiro atoms. The molecule has 0 radical (unpaired) electrons. The van der Waals surface area contributed by atoms with Crippen molar-refractivity contribution in [1.82, 2.24) is 4.90 Å². The highest BCUT2D eigenvalue weighted by atomic mass is 79.9. The zero-order valence-corrected chi connectivity index (χ0v) is 15.8. The molecule has 0 bridgehead atoms. The number of likely N-dealkylation sites (tertiary alicyclic amines) is 1. The number of nitrogens with one attached hydrogen (secondary N) is 1. The molecule has 2 aromatic rings. The summed E-state index contributed by atoms with van der Waals surface area (Å²) in [6.45, 7) is 3.71. The quantitative estimate of drug-likeness (QED) is 0.819. The van der Waals surface area contributed by atoms with Crippen LogP contribution in [0.2, 0.25) is 0 Å². The number of hydrogen-bond donors (Lipinski definition) is 1. The third kappa shape index (κ3) is 4.28. The second-order valence-electron chi connectivity index (χ2n) is 6.51. The number of anilines is 1. The molecule has 1 aliphatic heterocycles. The number of amides is 2. The molecule has 0 aliphatic carbocycles. The Morgan fingerprint density at radius 2 is 1.84 bits per heavy atom. The summed E-state index contributed by atoms with van der Waals surface area (Å²) in [6.07, 6.45) is 2.19. The average molecular weight is 401 g/mol. The Balaban J connectivity index is 1.79. The zero-order chi connectivity index (χ0) is 17.8. The van der Waals surface area contributed by atoms with E-state index in [1.54, 1.807) is 24.3 Å². The van der Waals surface area contributed by atoms with E-state index >= 15 is 0 Å². The fourth-order valence-corrected chi connectivity index (χ4v) is 3.38. The van der Waals surface area contributed by atoms with Gasteiger partial charge in [-0.25, -0.2) is 0 Å². The van der Waals surface area contributed by atoms with Crippen LogP contribution in [0.25, 0.3) is 0 Å². The molecule has 25 heavy (non-hydrogen) atoms. The van der Waals surface area contributed by atoms with Crippen molar-refractivity contribution in [2.75, 3.05) is 18.4 Å². The maximum Gasteiger partial charge on any atom is 0.255 e. The van der Waals surface area contributed by atoms with Gasteiger partial charge in [-0.2, -0.15) is 0 Å². The Hall–Kier alpha value is -2.14. The van der Waals surface area contributed by atoms with E-state index < -0.39 is 0 Å². The van der Waals surface area contributed by atoms with Crippen molar-refractivity contribution in [3.63, 3.8) is 0 Å². The number of carbonyl (C=O) groups excluding carboxylic acids is 2. The smallest absolute Gasteiger partial charge is 0.255 e. The first-order valence-corrected chi connectivity index (χ1v) is 9.29. The van der Waals surface area contributed by atoms with E-state index in [1.165, 1.54) is 0 Å². The number of nitrogens with zero attached hydrogens (tertiary/aromatic N) is 1. The van der Waals surface area contributed by atoms with Crippen LogP contribution in [0.5, 0.6) is 0 Å². The first-order chi connectivity index (χ1) is 12.0. The van der Waals surface area contributed by atoms with Crippen LogP contribution in [-0.2, 0) is 0 Å². The summed E-state index contributed by atoms with van der Waals surface area (Å²) in [6, 6.07) is 14.3. The molecule has 0 aromatic heterocycles. The standard InChI is InChI=1S/C20H21BrN2O2/c1-14-5-4-12-23(13-14)20(25)17-6-2-3-7-18(17)22-19(24)15-8-10-16(21)11-9-15/h2-3,6-11,14H,4-5,12-13H2,1H3,(H,22,24). The van der Waals surface area contributed by atoms with E-state index in [1.807, 2.05) is 29.2 Å². The van der Waals surface area contributed by atoms with Crippen LogP contribution >= 0.6 is 15.9 Å². The predicted molar refractivity (Wildman–Crippen MR) is 103 cm³/mol. The van der Waals surface area contributed by atoms with Gasteiger partial charge in [0.2, 0.25) is 0 Å². The van der Waals surface area contributed by atoms with Gasteiger partial charge in [-0.15, -0.1) is 0 Å². The number of carbonyl (C=O) groups is 2. The lowest BCUT2D eigenvalue weighted by Crippen LogP contribution is -2.39. The summed E-state index contributed by atoms with van der Waals surface area (Å²) >= 11 is 3.36. The van der Waals surface area contributed by atoms with Gasteiger partial charge in [0.15, 0.2) is 0 Å². The highest BCUT2D eigenvalue weighted by molar-refractivity contribution is 9.10. The number of rotatable bonds is 3. The third-order valence-corrected chi connectivity index (χ3v) is 4.98. The van der Waals surface area contributed by atoms with Crippen LogP contribution in [0.15, 0.2) is 53.0 Å². The molecule has 3 rings (SSSR count). The molecule has 5 heteroatoms. The molecular weight excluding hydrogens is 380 g/mol. The van der Waals surface area contributed by atoms with Crippen molar-refractivity contribution in [3.05, 3.63) is 64.1 Å². The molecule has 130 valence electrons. The topological polar surface area (TPSA) is 49.4 Å². The fraction of sp³-hybridized carbons (Fsp3) is 0.300. The lowest BCUT2D eigenvalue weighted by atomic mass is 9.99. The number of para-hydroxylation sites is 1. The third-order valence-electron chi connectivity index (χ3n) is 4.46. The normalized spacial score (nSPS) is 17.2. The Kier molecular flexibility index (Phi) is 5.53. The molecule has 2 aromatic carbocycles. The van der Waals surface area contributed by atoms with Gasteiger partial charge in [-0.05, 0) is 55.2 Å².